The maximum absolute atomic E-state index is 13.2. The van der Waals surface area contributed by atoms with Gasteiger partial charge in [0.2, 0.25) is 11.8 Å². The standard InChI is InChI=1S/C26H23Br2NO5/c1-12-3-4-15(9-13(12)2)19(30)11-34-26(33)14-5-7-16(8-6-14)29-24(31)20-17-10-18(21(20)25(29)32)23(28)22(17)27/h3-9,17-18,20-23H,10-11H2,1-2H3/t17-,18+,20+,21-,22+,23-. The molecule has 2 bridgehead atoms. The van der Waals surface area contributed by atoms with E-state index >= 15 is 0 Å². The first-order valence-electron chi connectivity index (χ1n) is 11.2. The summed E-state index contributed by atoms with van der Waals surface area (Å²) in [5, 5.41) is 0. The molecule has 2 aromatic carbocycles. The van der Waals surface area contributed by atoms with E-state index in [4.69, 9.17) is 4.74 Å². The molecule has 0 spiro atoms. The number of alkyl halides is 2. The van der Waals surface area contributed by atoms with Crippen LogP contribution in [0.1, 0.15) is 38.3 Å². The molecule has 3 aliphatic rings. The van der Waals surface area contributed by atoms with Gasteiger partial charge in [-0.15, -0.1) is 0 Å². The van der Waals surface area contributed by atoms with E-state index in [2.05, 4.69) is 31.9 Å². The van der Waals surface area contributed by atoms with Gasteiger partial charge >= 0.3 is 5.97 Å². The van der Waals surface area contributed by atoms with Gasteiger partial charge in [0.05, 0.1) is 23.1 Å². The maximum atomic E-state index is 13.2. The number of amides is 2. The molecular weight excluding hydrogens is 566 g/mol. The molecule has 2 saturated carbocycles. The predicted molar refractivity (Wildman–Crippen MR) is 133 cm³/mol. The number of anilines is 1. The van der Waals surface area contributed by atoms with Crippen LogP contribution in [0.3, 0.4) is 0 Å². The normalized spacial score (nSPS) is 29.5. The van der Waals surface area contributed by atoms with Gasteiger partial charge in [0.15, 0.2) is 12.4 Å². The van der Waals surface area contributed by atoms with E-state index in [0.717, 1.165) is 17.5 Å². The van der Waals surface area contributed by atoms with Gasteiger partial charge in [0, 0.05) is 15.2 Å². The summed E-state index contributed by atoms with van der Waals surface area (Å²) in [5.74, 6) is -1.55. The molecule has 1 heterocycles. The van der Waals surface area contributed by atoms with Crippen LogP contribution in [0.25, 0.3) is 0 Å². The van der Waals surface area contributed by atoms with Gasteiger partial charge in [-0.25, -0.2) is 4.79 Å². The Morgan fingerprint density at radius 3 is 2.00 bits per heavy atom. The lowest BCUT2D eigenvalue weighted by Crippen LogP contribution is -2.37. The SMILES string of the molecule is Cc1ccc(C(=O)COC(=O)c2ccc(N3C(=O)[C@@H]4[C@@H]5C[C@@H]([C@H](Br)[C@@H]5Br)[C@@H]4C3=O)cc2)cc1C. The molecule has 8 heteroatoms. The van der Waals surface area contributed by atoms with Crippen LogP contribution >= 0.6 is 31.9 Å². The second kappa shape index (κ2) is 8.72. The van der Waals surface area contributed by atoms with E-state index in [0.29, 0.717) is 11.3 Å². The van der Waals surface area contributed by atoms with E-state index in [1.165, 1.54) is 17.0 Å². The summed E-state index contributed by atoms with van der Waals surface area (Å²) in [7, 11) is 0. The van der Waals surface area contributed by atoms with Crippen molar-refractivity contribution in [3.8, 4) is 0 Å². The third-order valence-electron chi connectivity index (χ3n) is 7.51. The number of hydrogen-bond acceptors (Lipinski definition) is 5. The number of benzene rings is 2. The molecule has 2 aliphatic carbocycles. The molecule has 1 aliphatic heterocycles. The first kappa shape index (κ1) is 23.4. The number of ether oxygens (including phenoxy) is 1. The van der Waals surface area contributed by atoms with Crippen molar-refractivity contribution in [1.29, 1.82) is 0 Å². The highest BCUT2D eigenvalue weighted by Crippen LogP contribution is 2.60. The number of fused-ring (bicyclic) bond motifs is 5. The van der Waals surface area contributed by atoms with Crippen LogP contribution in [0.2, 0.25) is 0 Å². The second-order valence-electron chi connectivity index (χ2n) is 9.36. The van der Waals surface area contributed by atoms with Gasteiger partial charge in [0.25, 0.3) is 0 Å². The molecule has 0 unspecified atom stereocenters. The van der Waals surface area contributed by atoms with E-state index < -0.39 is 5.97 Å². The molecule has 3 fully saturated rings. The molecule has 6 nitrogen and oxygen atoms in total. The van der Waals surface area contributed by atoms with Crippen LogP contribution in [0.15, 0.2) is 42.5 Å². The Morgan fingerprint density at radius 2 is 1.44 bits per heavy atom. The van der Waals surface area contributed by atoms with Crippen LogP contribution in [0.4, 0.5) is 5.69 Å². The molecule has 1 saturated heterocycles. The van der Waals surface area contributed by atoms with Crippen molar-refractivity contribution in [1.82, 2.24) is 0 Å². The number of rotatable bonds is 5. The van der Waals surface area contributed by atoms with Crippen LogP contribution < -0.4 is 4.90 Å². The Kier molecular flexibility index (Phi) is 6.01. The molecule has 2 amide bonds. The Bertz CT molecular complexity index is 1180. The lowest BCUT2D eigenvalue weighted by Gasteiger charge is -2.28. The topological polar surface area (TPSA) is 80.8 Å². The number of ketones is 1. The number of carbonyl (C=O) groups excluding carboxylic acids is 4. The Morgan fingerprint density at radius 1 is 0.882 bits per heavy atom. The number of esters is 1. The highest BCUT2D eigenvalue weighted by molar-refractivity contribution is 9.12. The van der Waals surface area contributed by atoms with Crippen LogP contribution in [-0.2, 0) is 14.3 Å². The monoisotopic (exact) mass is 587 g/mol. The van der Waals surface area contributed by atoms with Crippen LogP contribution in [0, 0.1) is 37.5 Å². The first-order chi connectivity index (χ1) is 16.2. The summed E-state index contributed by atoms with van der Waals surface area (Å²) >= 11 is 7.38. The minimum atomic E-state index is -0.637. The number of hydrogen-bond donors (Lipinski definition) is 0. The lowest BCUT2D eigenvalue weighted by molar-refractivity contribution is -0.123. The Labute approximate surface area is 214 Å². The fourth-order valence-corrected chi connectivity index (χ4v) is 7.44. The summed E-state index contributed by atoms with van der Waals surface area (Å²) in [6.07, 6.45) is 0.873. The summed E-state index contributed by atoms with van der Waals surface area (Å²) < 4.78 is 5.20. The number of imide groups is 1. The zero-order chi connectivity index (χ0) is 24.3. The smallest absolute Gasteiger partial charge is 0.338 e. The van der Waals surface area contributed by atoms with Gasteiger partial charge in [-0.2, -0.15) is 0 Å². The highest BCUT2D eigenvalue weighted by atomic mass is 79.9. The Balaban J connectivity index is 1.25. The minimum Gasteiger partial charge on any atom is -0.454 e. The number of Topliss-reactive ketones (excluding diaryl/α,β-unsaturated/α-hetero) is 1. The quantitative estimate of drug-likeness (QED) is 0.220. The third-order valence-corrected chi connectivity index (χ3v) is 10.7. The van der Waals surface area contributed by atoms with E-state index in [1.807, 2.05) is 19.9 Å². The van der Waals surface area contributed by atoms with Crippen molar-refractivity contribution in [2.75, 3.05) is 11.5 Å². The second-order valence-corrected chi connectivity index (χ2v) is 11.5. The van der Waals surface area contributed by atoms with Crippen molar-refractivity contribution in [2.24, 2.45) is 23.7 Å². The summed E-state index contributed by atoms with van der Waals surface area (Å²) in [6.45, 7) is 3.52. The minimum absolute atomic E-state index is 0.143. The summed E-state index contributed by atoms with van der Waals surface area (Å²) in [5.41, 5.74) is 3.27. The molecule has 0 aromatic heterocycles. The van der Waals surface area contributed by atoms with Crippen LogP contribution in [0.5, 0.6) is 0 Å². The molecule has 0 N–H and O–H groups in total. The molecule has 176 valence electrons. The average Bonchev–Trinajstić information content (AvgIpc) is 3.44. The summed E-state index contributed by atoms with van der Waals surface area (Å²) in [6, 6.07) is 11.6. The van der Waals surface area contributed by atoms with E-state index in [1.54, 1.807) is 24.3 Å². The molecule has 6 atom stereocenters. The van der Waals surface area contributed by atoms with Crippen molar-refractivity contribution in [2.45, 2.75) is 29.9 Å². The lowest BCUT2D eigenvalue weighted by atomic mass is 9.81. The van der Waals surface area contributed by atoms with Crippen molar-refractivity contribution >= 4 is 61.1 Å². The fourth-order valence-electron chi connectivity index (χ4n) is 5.56. The maximum Gasteiger partial charge on any atom is 0.338 e. The van der Waals surface area contributed by atoms with E-state index in [-0.39, 0.29) is 63.1 Å². The molecular formula is C26H23Br2NO5. The van der Waals surface area contributed by atoms with Crippen LogP contribution in [-0.4, -0.2) is 39.8 Å². The van der Waals surface area contributed by atoms with Crippen molar-refractivity contribution in [3.63, 3.8) is 0 Å². The first-order valence-corrected chi connectivity index (χ1v) is 13.1. The van der Waals surface area contributed by atoms with E-state index in [9.17, 15) is 19.2 Å². The van der Waals surface area contributed by atoms with Gasteiger partial charge in [-0.3, -0.25) is 19.3 Å². The third kappa shape index (κ3) is 3.66. The molecule has 0 radical (unpaired) electrons. The zero-order valence-corrected chi connectivity index (χ0v) is 21.8. The fraction of sp³-hybridized carbons (Fsp3) is 0.385. The van der Waals surface area contributed by atoms with Crippen molar-refractivity contribution in [3.05, 3.63) is 64.7 Å². The van der Waals surface area contributed by atoms with Gasteiger partial charge in [0.1, 0.15) is 0 Å². The Hall–Kier alpha value is -2.32. The van der Waals surface area contributed by atoms with Gasteiger partial charge in [-0.05, 0) is 73.6 Å². The number of halogens is 2. The summed E-state index contributed by atoms with van der Waals surface area (Å²) in [4.78, 5) is 52.8. The largest absolute Gasteiger partial charge is 0.454 e. The molecule has 5 rings (SSSR count). The number of nitrogens with zero attached hydrogens (tertiary/aromatic N) is 1. The van der Waals surface area contributed by atoms with Crippen molar-refractivity contribution < 1.29 is 23.9 Å². The molecule has 2 aromatic rings. The number of aryl methyl sites for hydroxylation is 2. The number of carbonyl (C=O) groups is 4. The highest BCUT2D eigenvalue weighted by Gasteiger charge is 2.66. The zero-order valence-electron chi connectivity index (χ0n) is 18.7. The van der Waals surface area contributed by atoms with Gasteiger partial charge < -0.3 is 4.74 Å². The molecule has 34 heavy (non-hydrogen) atoms. The van der Waals surface area contributed by atoms with Gasteiger partial charge in [-0.1, -0.05) is 44.0 Å². The predicted octanol–water partition coefficient (Wildman–Crippen LogP) is 4.63. The average molecular weight is 589 g/mol.